The molecule has 0 aromatic heterocycles. The Morgan fingerprint density at radius 1 is 1.07 bits per heavy atom. The highest BCUT2D eigenvalue weighted by Gasteiger charge is 2.26. The fourth-order valence-corrected chi connectivity index (χ4v) is 5.91. The number of anilines is 1. The highest BCUT2D eigenvalue weighted by atomic mass is 16.5. The quantitative estimate of drug-likeness (QED) is 0.0748. The van der Waals surface area contributed by atoms with Gasteiger partial charge in [0.1, 0.15) is 5.76 Å². The van der Waals surface area contributed by atoms with Gasteiger partial charge in [0.15, 0.2) is 5.78 Å². The van der Waals surface area contributed by atoms with Gasteiger partial charge in [0, 0.05) is 49.6 Å². The molecular formula is C37H59NO4. The maximum absolute atomic E-state index is 13.5. The molecule has 2 rings (SSSR count). The number of nitrogens with zero attached hydrogens (tertiary/aromatic N) is 1. The second kappa shape index (κ2) is 19.0. The molecule has 1 aliphatic heterocycles. The van der Waals surface area contributed by atoms with Gasteiger partial charge in [-0.2, -0.15) is 0 Å². The molecule has 0 radical (unpaired) electrons. The molecule has 1 aliphatic rings. The van der Waals surface area contributed by atoms with E-state index < -0.39 is 0 Å². The number of ether oxygens (including phenoxy) is 3. The summed E-state index contributed by atoms with van der Waals surface area (Å²) in [7, 11) is 1.77. The lowest BCUT2D eigenvalue weighted by atomic mass is 9.89. The van der Waals surface area contributed by atoms with E-state index in [1.165, 1.54) is 33.5 Å². The number of ketones is 1. The topological polar surface area (TPSA) is 48.0 Å². The van der Waals surface area contributed by atoms with Crippen LogP contribution in [0.1, 0.15) is 116 Å². The van der Waals surface area contributed by atoms with Crippen LogP contribution >= 0.6 is 0 Å². The van der Waals surface area contributed by atoms with Gasteiger partial charge < -0.3 is 19.1 Å². The number of benzene rings is 1. The first kappa shape index (κ1) is 35.8. The first-order valence-corrected chi connectivity index (χ1v) is 16.4. The predicted octanol–water partition coefficient (Wildman–Crippen LogP) is 9.26. The summed E-state index contributed by atoms with van der Waals surface area (Å²) < 4.78 is 17.8. The molecule has 42 heavy (non-hydrogen) atoms. The zero-order valence-electron chi connectivity index (χ0n) is 28.2. The van der Waals surface area contributed by atoms with E-state index in [1.54, 1.807) is 7.11 Å². The number of hydrogen-bond acceptors (Lipinski definition) is 5. The van der Waals surface area contributed by atoms with E-state index in [1.807, 2.05) is 6.07 Å². The second-order valence-corrected chi connectivity index (χ2v) is 11.9. The molecule has 0 aliphatic carbocycles. The maximum atomic E-state index is 13.5. The molecular weight excluding hydrogens is 522 g/mol. The molecule has 5 nitrogen and oxygen atoms in total. The highest BCUT2D eigenvalue weighted by Crippen LogP contribution is 2.32. The van der Waals surface area contributed by atoms with Crippen LogP contribution in [0, 0.1) is 5.92 Å². The molecule has 0 bridgehead atoms. The van der Waals surface area contributed by atoms with E-state index in [0.29, 0.717) is 19.3 Å². The van der Waals surface area contributed by atoms with Crippen molar-refractivity contribution in [2.45, 2.75) is 113 Å². The van der Waals surface area contributed by atoms with Crippen LogP contribution in [0.4, 0.5) is 5.69 Å². The van der Waals surface area contributed by atoms with Crippen molar-refractivity contribution in [3.63, 3.8) is 0 Å². The number of unbranched alkanes of at least 4 members (excludes halogenated alkanes) is 1. The molecule has 0 amide bonds. The smallest absolute Gasteiger partial charge is 0.166 e. The summed E-state index contributed by atoms with van der Waals surface area (Å²) >= 11 is 0. The van der Waals surface area contributed by atoms with E-state index >= 15 is 0 Å². The summed E-state index contributed by atoms with van der Waals surface area (Å²) in [5, 5.41) is 0. The van der Waals surface area contributed by atoms with E-state index in [-0.39, 0.29) is 11.7 Å². The minimum atomic E-state index is 0.0240. The Hall–Kier alpha value is -2.37. The molecule has 0 spiro atoms. The summed E-state index contributed by atoms with van der Waals surface area (Å²) in [6, 6.07) is 6.80. The lowest BCUT2D eigenvalue weighted by Gasteiger charge is -2.37. The van der Waals surface area contributed by atoms with Crippen LogP contribution in [0.5, 0.6) is 0 Å². The summed E-state index contributed by atoms with van der Waals surface area (Å²) in [5.41, 5.74) is 8.28. The summed E-state index contributed by atoms with van der Waals surface area (Å²) in [6.45, 7) is 20.9. The number of methoxy groups -OCH3 is 1. The van der Waals surface area contributed by atoms with Crippen molar-refractivity contribution in [3.8, 4) is 0 Å². The zero-order valence-corrected chi connectivity index (χ0v) is 28.2. The van der Waals surface area contributed by atoms with Gasteiger partial charge >= 0.3 is 0 Å². The van der Waals surface area contributed by atoms with Crippen LogP contribution in [0.3, 0.4) is 0 Å². The number of hydrogen-bond donors (Lipinski definition) is 0. The normalized spacial score (nSPS) is 15.9. The van der Waals surface area contributed by atoms with Crippen LogP contribution < -0.4 is 4.90 Å². The number of carbonyl (C=O) groups excluding carboxylic acids is 1. The number of rotatable bonds is 18. The van der Waals surface area contributed by atoms with Crippen LogP contribution in [-0.2, 0) is 20.6 Å². The molecule has 1 fully saturated rings. The Bertz CT molecular complexity index is 1070. The Balaban J connectivity index is 2.21. The Kier molecular flexibility index (Phi) is 16.2. The molecule has 1 unspecified atom stereocenters. The molecule has 1 aromatic rings. The second-order valence-electron chi connectivity index (χ2n) is 11.9. The van der Waals surface area contributed by atoms with E-state index in [0.717, 1.165) is 82.4 Å². The van der Waals surface area contributed by atoms with Gasteiger partial charge in [-0.15, -0.1) is 0 Å². The van der Waals surface area contributed by atoms with Gasteiger partial charge in [0.25, 0.3) is 0 Å². The predicted molar refractivity (Wildman–Crippen MR) is 178 cm³/mol. The van der Waals surface area contributed by atoms with Crippen LogP contribution in [0.2, 0.25) is 0 Å². The van der Waals surface area contributed by atoms with Crippen molar-refractivity contribution < 1.29 is 19.0 Å². The third kappa shape index (κ3) is 10.1. The molecule has 1 atom stereocenters. The van der Waals surface area contributed by atoms with Crippen molar-refractivity contribution in [1.29, 1.82) is 0 Å². The van der Waals surface area contributed by atoms with Gasteiger partial charge in [-0.3, -0.25) is 4.79 Å². The first-order valence-electron chi connectivity index (χ1n) is 16.4. The Labute approximate surface area is 257 Å². The molecule has 1 saturated heterocycles. The maximum Gasteiger partial charge on any atom is 0.166 e. The van der Waals surface area contributed by atoms with Crippen molar-refractivity contribution in [2.24, 2.45) is 5.92 Å². The van der Waals surface area contributed by atoms with Crippen LogP contribution in [0.25, 0.3) is 0 Å². The van der Waals surface area contributed by atoms with Crippen molar-refractivity contribution in [1.82, 2.24) is 0 Å². The highest BCUT2D eigenvalue weighted by molar-refractivity contribution is 6.00. The monoisotopic (exact) mass is 581 g/mol. The fraction of sp³-hybridized carbons (Fsp3) is 0.649. The molecule has 0 N–H and O–H groups in total. The lowest BCUT2D eigenvalue weighted by Crippen LogP contribution is -2.40. The Morgan fingerprint density at radius 3 is 2.36 bits per heavy atom. The summed E-state index contributed by atoms with van der Waals surface area (Å²) in [5.74, 6) is 1.29. The molecule has 5 heteroatoms. The van der Waals surface area contributed by atoms with E-state index in [9.17, 15) is 4.79 Å². The minimum Gasteiger partial charge on any atom is -0.497 e. The zero-order chi connectivity index (χ0) is 31.1. The minimum absolute atomic E-state index is 0.0240. The van der Waals surface area contributed by atoms with Gasteiger partial charge in [-0.1, -0.05) is 51.5 Å². The fourth-order valence-electron chi connectivity index (χ4n) is 5.91. The van der Waals surface area contributed by atoms with Crippen LogP contribution in [0.15, 0.2) is 52.3 Å². The first-order chi connectivity index (χ1) is 20.2. The van der Waals surface area contributed by atoms with E-state index in [2.05, 4.69) is 78.5 Å². The average Bonchev–Trinajstić information content (AvgIpc) is 3.00. The molecule has 1 aromatic carbocycles. The van der Waals surface area contributed by atoms with E-state index in [4.69, 9.17) is 14.2 Å². The Morgan fingerprint density at radius 2 is 1.79 bits per heavy atom. The van der Waals surface area contributed by atoms with Crippen molar-refractivity contribution in [2.75, 3.05) is 45.0 Å². The number of allylic oxidation sites excluding steroid dienone is 3. The summed E-state index contributed by atoms with van der Waals surface area (Å²) in [6.07, 6.45) is 9.80. The standard InChI is InChI=1S/C37H59NO4/c1-10-28(7)36(39)34-18-16-19-35(38(13-4)31-20-23-41-24-21-31)33(34)17-14-15-22-42-26-30(25-27(5)6)32(12-3)37(40-9)29(8)11-2/h16,18-19,25,28,31H,10-15,17,20-24,26H2,1-9H3. The molecule has 0 saturated carbocycles. The SMILES string of the molecule is CCC(C)=C(OC)C(CC)=C(C=C(C)C)COCCCCc1c(C(=O)C(C)CC)cccc1N(CC)C1CCOCC1. The average molecular weight is 582 g/mol. The van der Waals surface area contributed by atoms with Gasteiger partial charge in [0.05, 0.1) is 13.7 Å². The summed E-state index contributed by atoms with van der Waals surface area (Å²) in [4.78, 5) is 16.0. The van der Waals surface area contributed by atoms with Gasteiger partial charge in [-0.25, -0.2) is 0 Å². The van der Waals surface area contributed by atoms with Crippen LogP contribution in [-0.4, -0.2) is 51.9 Å². The number of Topliss-reactive ketones (excluding diaryl/α,β-unsaturated/α-hetero) is 1. The van der Waals surface area contributed by atoms with Crippen molar-refractivity contribution >= 4 is 11.5 Å². The third-order valence-electron chi connectivity index (χ3n) is 8.58. The van der Waals surface area contributed by atoms with Gasteiger partial charge in [-0.05, 0) is 107 Å². The number of carbonyl (C=O) groups is 1. The van der Waals surface area contributed by atoms with Crippen molar-refractivity contribution in [3.05, 3.63) is 63.5 Å². The lowest BCUT2D eigenvalue weighted by molar-refractivity contribution is 0.0845. The molecule has 1 heterocycles. The third-order valence-corrected chi connectivity index (χ3v) is 8.58. The van der Waals surface area contributed by atoms with Gasteiger partial charge in [0.2, 0.25) is 0 Å². The molecule has 236 valence electrons. The largest absolute Gasteiger partial charge is 0.497 e.